The molecule has 8 aromatic carbocycles. The van der Waals surface area contributed by atoms with E-state index in [1.807, 2.05) is 55.5 Å². The SMILES string of the molecule is C=C/C(=C\C=C/C)Nc1cc2c(cc1C=C)c1c3ccccc3c3ccccc3c1n2-c1ccc(C)cc1.CC1(C)c2ccccc2-c2ccc(Cc3ccccc3N=N)cc21. The lowest BCUT2D eigenvalue weighted by Crippen LogP contribution is -2.15. The molecule has 1 aliphatic carbocycles. The van der Waals surface area contributed by atoms with E-state index in [0.717, 1.165) is 45.8 Å². The molecular formula is C58H50N4. The van der Waals surface area contributed by atoms with Crippen molar-refractivity contribution in [1.82, 2.24) is 4.57 Å². The predicted octanol–water partition coefficient (Wildman–Crippen LogP) is 16.3. The van der Waals surface area contributed by atoms with Crippen molar-refractivity contribution >= 4 is 60.8 Å². The van der Waals surface area contributed by atoms with E-state index < -0.39 is 0 Å². The van der Waals surface area contributed by atoms with Gasteiger partial charge in [-0.3, -0.25) is 0 Å². The largest absolute Gasteiger partial charge is 0.355 e. The second-order valence-corrected chi connectivity index (χ2v) is 16.6. The minimum atomic E-state index is 0.0290. The third-order valence-corrected chi connectivity index (χ3v) is 12.4. The lowest BCUT2D eigenvalue weighted by molar-refractivity contribution is 0.659. The zero-order valence-corrected chi connectivity index (χ0v) is 35.8. The Kier molecular flexibility index (Phi) is 10.6. The molecule has 1 aliphatic rings. The Morgan fingerprint density at radius 2 is 1.37 bits per heavy atom. The Morgan fingerprint density at radius 3 is 2.10 bits per heavy atom. The van der Waals surface area contributed by atoms with Crippen LogP contribution in [-0.4, -0.2) is 4.57 Å². The molecule has 1 heterocycles. The highest BCUT2D eigenvalue weighted by atomic mass is 15.0. The molecule has 0 unspecified atom stereocenters. The fourth-order valence-corrected chi connectivity index (χ4v) is 9.34. The van der Waals surface area contributed by atoms with Crippen molar-refractivity contribution in [3.05, 3.63) is 228 Å². The van der Waals surface area contributed by atoms with E-state index in [-0.39, 0.29) is 5.41 Å². The fraction of sp³-hybridized carbons (Fsp3) is 0.103. The number of hydrogen-bond donors (Lipinski definition) is 2. The second-order valence-electron chi connectivity index (χ2n) is 16.6. The summed E-state index contributed by atoms with van der Waals surface area (Å²) in [6.07, 6.45) is 10.6. The molecule has 0 amide bonds. The molecule has 10 rings (SSSR count). The van der Waals surface area contributed by atoms with Crippen LogP contribution in [0.2, 0.25) is 0 Å². The smallest absolute Gasteiger partial charge is 0.0885 e. The maximum absolute atomic E-state index is 7.35. The monoisotopic (exact) mass is 802 g/mol. The number of allylic oxidation sites excluding steroid dienone is 4. The molecule has 4 nitrogen and oxygen atoms in total. The van der Waals surface area contributed by atoms with Gasteiger partial charge < -0.3 is 9.88 Å². The third kappa shape index (κ3) is 6.94. The van der Waals surface area contributed by atoms with Crippen LogP contribution >= 0.6 is 0 Å². The van der Waals surface area contributed by atoms with Crippen molar-refractivity contribution in [2.24, 2.45) is 5.11 Å². The van der Waals surface area contributed by atoms with Gasteiger partial charge in [-0.2, -0.15) is 5.11 Å². The molecule has 302 valence electrons. The van der Waals surface area contributed by atoms with Crippen LogP contribution in [0.25, 0.3) is 66.2 Å². The van der Waals surface area contributed by atoms with E-state index in [2.05, 4.69) is 182 Å². The number of fused-ring (bicyclic) bond motifs is 11. The average molecular weight is 803 g/mol. The Balaban J connectivity index is 0.000000175. The maximum Gasteiger partial charge on any atom is 0.0885 e. The highest BCUT2D eigenvalue weighted by Crippen LogP contribution is 2.49. The third-order valence-electron chi connectivity index (χ3n) is 12.4. The van der Waals surface area contributed by atoms with Gasteiger partial charge in [0.15, 0.2) is 0 Å². The molecule has 0 fully saturated rings. The zero-order chi connectivity index (χ0) is 43.0. The zero-order valence-electron chi connectivity index (χ0n) is 35.8. The molecule has 0 radical (unpaired) electrons. The molecule has 1 aromatic heterocycles. The number of hydrogen-bond acceptors (Lipinski definition) is 3. The Hall–Kier alpha value is -7.56. The van der Waals surface area contributed by atoms with Crippen LogP contribution in [0.3, 0.4) is 0 Å². The summed E-state index contributed by atoms with van der Waals surface area (Å²) in [6, 6.07) is 54.2. The van der Waals surface area contributed by atoms with Gasteiger partial charge in [0, 0.05) is 38.6 Å². The molecule has 9 aromatic rings. The summed E-state index contributed by atoms with van der Waals surface area (Å²) in [5, 5.41) is 14.7. The molecule has 2 N–H and O–H groups in total. The minimum absolute atomic E-state index is 0.0290. The van der Waals surface area contributed by atoms with Gasteiger partial charge in [-0.15, -0.1) is 0 Å². The van der Waals surface area contributed by atoms with E-state index in [1.165, 1.54) is 71.2 Å². The van der Waals surface area contributed by atoms with Crippen molar-refractivity contribution in [3.63, 3.8) is 0 Å². The molecule has 0 bridgehead atoms. The first kappa shape index (κ1) is 39.9. The van der Waals surface area contributed by atoms with Crippen LogP contribution in [-0.2, 0) is 11.8 Å². The van der Waals surface area contributed by atoms with Gasteiger partial charge in [0.1, 0.15) is 0 Å². The molecule has 62 heavy (non-hydrogen) atoms. The van der Waals surface area contributed by atoms with E-state index in [0.29, 0.717) is 0 Å². The molecule has 0 atom stereocenters. The van der Waals surface area contributed by atoms with Crippen molar-refractivity contribution in [1.29, 1.82) is 5.53 Å². The summed E-state index contributed by atoms with van der Waals surface area (Å²) in [5.74, 6) is 0. The normalized spacial score (nSPS) is 12.9. The van der Waals surface area contributed by atoms with Gasteiger partial charge in [-0.1, -0.05) is 172 Å². The lowest BCUT2D eigenvalue weighted by Gasteiger charge is -2.22. The van der Waals surface area contributed by atoms with Crippen molar-refractivity contribution in [3.8, 4) is 16.8 Å². The number of para-hydroxylation sites is 1. The molecule has 4 heteroatoms. The number of anilines is 1. The first-order valence-corrected chi connectivity index (χ1v) is 21.3. The van der Waals surface area contributed by atoms with Crippen LogP contribution in [0.5, 0.6) is 0 Å². The number of nitrogens with one attached hydrogen (secondary N) is 2. The van der Waals surface area contributed by atoms with Crippen molar-refractivity contribution in [2.45, 2.75) is 39.5 Å². The Bertz CT molecular complexity index is 3280. The highest BCUT2D eigenvalue weighted by molar-refractivity contribution is 6.32. The maximum atomic E-state index is 7.35. The predicted molar refractivity (Wildman–Crippen MR) is 265 cm³/mol. The van der Waals surface area contributed by atoms with Gasteiger partial charge in [0.25, 0.3) is 0 Å². The topological polar surface area (TPSA) is 53.2 Å². The molecule has 0 aliphatic heterocycles. The second kappa shape index (κ2) is 16.5. The number of rotatable bonds is 9. The Morgan fingerprint density at radius 1 is 0.710 bits per heavy atom. The summed E-state index contributed by atoms with van der Waals surface area (Å²) >= 11 is 0. The van der Waals surface area contributed by atoms with E-state index >= 15 is 0 Å². The van der Waals surface area contributed by atoms with Crippen LogP contribution in [0, 0.1) is 12.5 Å². The van der Waals surface area contributed by atoms with Crippen molar-refractivity contribution in [2.75, 3.05) is 5.32 Å². The summed E-state index contributed by atoms with van der Waals surface area (Å²) < 4.78 is 2.42. The van der Waals surface area contributed by atoms with E-state index in [9.17, 15) is 0 Å². The van der Waals surface area contributed by atoms with E-state index in [1.54, 1.807) is 0 Å². The first-order chi connectivity index (χ1) is 30.2. The number of benzene rings is 8. The number of aromatic nitrogens is 1. The van der Waals surface area contributed by atoms with Crippen LogP contribution in [0.1, 0.15) is 54.2 Å². The lowest BCUT2D eigenvalue weighted by atomic mass is 9.81. The average Bonchev–Trinajstić information content (AvgIpc) is 3.76. The molecule has 0 spiro atoms. The standard InChI is InChI=1S/C36H30N2.C22H20N2/c1-5-8-13-26(7-3)37-33-23-34-32(22-25(33)6-2)35-30-16-11-9-14-28(30)29-15-10-12-17-31(29)36(35)38(34)27-20-18-24(4)19-21-27;1-22(2)19-9-5-4-8-17(19)18-12-11-15(14-20(18)22)13-16-7-3-6-10-21(16)24-23/h5-23,37H,2-3H2,1,4H3;3-12,14,23H,13H2,1-2H3/b8-5-,26-13+;. The summed E-state index contributed by atoms with van der Waals surface area (Å²) in [6.45, 7) is 16.9. The number of aryl methyl sites for hydroxylation is 1. The molecular weight excluding hydrogens is 753 g/mol. The van der Waals surface area contributed by atoms with E-state index in [4.69, 9.17) is 5.53 Å². The molecule has 0 saturated carbocycles. The molecule has 0 saturated heterocycles. The Labute approximate surface area is 364 Å². The minimum Gasteiger partial charge on any atom is -0.355 e. The van der Waals surface area contributed by atoms with Gasteiger partial charge in [0.05, 0.1) is 16.7 Å². The van der Waals surface area contributed by atoms with Crippen LogP contribution in [0.4, 0.5) is 11.4 Å². The summed E-state index contributed by atoms with van der Waals surface area (Å²) in [4.78, 5) is 0. The first-order valence-electron chi connectivity index (χ1n) is 21.3. The number of nitrogens with zero attached hydrogens (tertiary/aromatic N) is 2. The summed E-state index contributed by atoms with van der Waals surface area (Å²) in [5.41, 5.74) is 23.7. The van der Waals surface area contributed by atoms with Crippen molar-refractivity contribution < 1.29 is 0 Å². The highest BCUT2D eigenvalue weighted by Gasteiger charge is 2.35. The summed E-state index contributed by atoms with van der Waals surface area (Å²) in [7, 11) is 0. The van der Waals surface area contributed by atoms with Gasteiger partial charge >= 0.3 is 0 Å². The van der Waals surface area contributed by atoms with Crippen LogP contribution in [0.15, 0.2) is 200 Å². The quantitative estimate of drug-likeness (QED) is 0.0852. The van der Waals surface area contributed by atoms with Gasteiger partial charge in [0.2, 0.25) is 0 Å². The fourth-order valence-electron chi connectivity index (χ4n) is 9.34. The van der Waals surface area contributed by atoms with Crippen LogP contribution < -0.4 is 5.32 Å². The van der Waals surface area contributed by atoms with Gasteiger partial charge in [-0.25, -0.2) is 5.53 Å². The van der Waals surface area contributed by atoms with Gasteiger partial charge in [-0.05, 0) is 118 Å².